The Balaban J connectivity index is 2.62. The highest BCUT2D eigenvalue weighted by atomic mass is 79.9. The third-order valence-electron chi connectivity index (χ3n) is 1.81. The number of aromatic nitrogens is 1. The number of amides is 1. The maximum absolute atomic E-state index is 11.7. The van der Waals surface area contributed by atoms with Crippen LogP contribution in [-0.2, 0) is 10.8 Å². The molecule has 2 atom stereocenters. The molecule has 16 heavy (non-hydrogen) atoms. The van der Waals surface area contributed by atoms with Gasteiger partial charge in [0.15, 0.2) is 0 Å². The van der Waals surface area contributed by atoms with Gasteiger partial charge in [-0.1, -0.05) is 6.07 Å². The molecule has 6 heteroatoms. The van der Waals surface area contributed by atoms with Crippen LogP contribution in [0.5, 0.6) is 0 Å². The first-order chi connectivity index (χ1) is 7.49. The minimum Gasteiger partial charge on any atom is -0.347 e. The Hall–Kier alpha value is -0.750. The molecule has 0 saturated heterocycles. The van der Waals surface area contributed by atoms with Crippen molar-refractivity contribution in [3.8, 4) is 0 Å². The molecule has 0 aliphatic rings. The first-order valence-electron chi connectivity index (χ1n) is 4.72. The maximum Gasteiger partial charge on any atom is 0.270 e. The summed E-state index contributed by atoms with van der Waals surface area (Å²) in [6.07, 6.45) is 1.61. The van der Waals surface area contributed by atoms with Crippen molar-refractivity contribution >= 4 is 32.6 Å². The minimum absolute atomic E-state index is 0.126. The Morgan fingerprint density at radius 3 is 2.88 bits per heavy atom. The van der Waals surface area contributed by atoms with E-state index in [9.17, 15) is 9.00 Å². The molecule has 0 saturated carbocycles. The SMILES string of the molecule is CC(CS(C)=O)NC(=O)c1cccc(Br)n1. The van der Waals surface area contributed by atoms with Crippen molar-refractivity contribution in [1.29, 1.82) is 0 Å². The van der Waals surface area contributed by atoms with E-state index in [1.807, 2.05) is 6.92 Å². The molecule has 4 nitrogen and oxygen atoms in total. The monoisotopic (exact) mass is 304 g/mol. The molecule has 0 bridgehead atoms. The van der Waals surface area contributed by atoms with Crippen LogP contribution in [0.2, 0.25) is 0 Å². The van der Waals surface area contributed by atoms with Gasteiger partial charge in [0.05, 0.1) is 0 Å². The normalized spacial score (nSPS) is 14.2. The summed E-state index contributed by atoms with van der Waals surface area (Å²) in [5, 5.41) is 2.74. The quantitative estimate of drug-likeness (QED) is 0.854. The lowest BCUT2D eigenvalue weighted by molar-refractivity contribution is 0.0938. The molecular weight excluding hydrogens is 292 g/mol. The fourth-order valence-corrected chi connectivity index (χ4v) is 2.36. The average Bonchev–Trinajstić information content (AvgIpc) is 2.16. The fraction of sp³-hybridized carbons (Fsp3) is 0.400. The van der Waals surface area contributed by atoms with E-state index in [1.54, 1.807) is 24.5 Å². The first kappa shape index (κ1) is 13.3. The van der Waals surface area contributed by atoms with Crippen molar-refractivity contribution in [2.24, 2.45) is 0 Å². The maximum atomic E-state index is 11.7. The molecular formula is C10H13BrN2O2S. The highest BCUT2D eigenvalue weighted by Gasteiger charge is 2.11. The van der Waals surface area contributed by atoms with Crippen LogP contribution in [0.4, 0.5) is 0 Å². The van der Waals surface area contributed by atoms with Crippen molar-refractivity contribution in [2.75, 3.05) is 12.0 Å². The van der Waals surface area contributed by atoms with Gasteiger partial charge in [-0.2, -0.15) is 0 Å². The summed E-state index contributed by atoms with van der Waals surface area (Å²) in [5.74, 6) is 0.193. The fourth-order valence-electron chi connectivity index (χ4n) is 1.23. The highest BCUT2D eigenvalue weighted by Crippen LogP contribution is 2.06. The van der Waals surface area contributed by atoms with Gasteiger partial charge in [-0.25, -0.2) is 4.98 Å². The number of pyridine rings is 1. The molecule has 0 aliphatic heterocycles. The van der Waals surface area contributed by atoms with Crippen molar-refractivity contribution in [2.45, 2.75) is 13.0 Å². The number of nitrogens with zero attached hydrogens (tertiary/aromatic N) is 1. The number of carbonyl (C=O) groups is 1. The summed E-state index contributed by atoms with van der Waals surface area (Å²) in [7, 11) is -0.917. The zero-order chi connectivity index (χ0) is 12.1. The van der Waals surface area contributed by atoms with Crippen LogP contribution < -0.4 is 5.32 Å². The van der Waals surface area contributed by atoms with Crippen molar-refractivity contribution < 1.29 is 9.00 Å². The van der Waals surface area contributed by atoms with Crippen molar-refractivity contribution in [3.63, 3.8) is 0 Å². The average molecular weight is 305 g/mol. The van der Waals surface area contributed by atoms with Crippen LogP contribution in [0.1, 0.15) is 17.4 Å². The molecule has 0 spiro atoms. The van der Waals surface area contributed by atoms with E-state index in [4.69, 9.17) is 0 Å². The number of nitrogens with one attached hydrogen (secondary N) is 1. The zero-order valence-electron chi connectivity index (χ0n) is 9.07. The smallest absolute Gasteiger partial charge is 0.270 e. The third-order valence-corrected chi connectivity index (χ3v) is 3.22. The van der Waals surface area contributed by atoms with E-state index in [1.165, 1.54) is 0 Å². The summed E-state index contributed by atoms with van der Waals surface area (Å²) in [6.45, 7) is 1.82. The van der Waals surface area contributed by atoms with E-state index in [0.29, 0.717) is 16.0 Å². The Kier molecular flexibility index (Phi) is 5.08. The number of hydrogen-bond acceptors (Lipinski definition) is 3. The highest BCUT2D eigenvalue weighted by molar-refractivity contribution is 9.10. The second kappa shape index (κ2) is 6.10. The van der Waals surface area contributed by atoms with Crippen molar-refractivity contribution in [3.05, 3.63) is 28.5 Å². The van der Waals surface area contributed by atoms with Gasteiger partial charge >= 0.3 is 0 Å². The molecule has 88 valence electrons. The lowest BCUT2D eigenvalue weighted by atomic mass is 10.3. The summed E-state index contributed by atoms with van der Waals surface area (Å²) >= 11 is 3.20. The molecule has 1 aromatic rings. The van der Waals surface area contributed by atoms with Gasteiger partial charge in [0.2, 0.25) is 0 Å². The lowest BCUT2D eigenvalue weighted by Gasteiger charge is -2.11. The predicted molar refractivity (Wildman–Crippen MR) is 67.8 cm³/mol. The van der Waals surface area contributed by atoms with E-state index >= 15 is 0 Å². The minimum atomic E-state index is -0.917. The number of hydrogen-bond donors (Lipinski definition) is 1. The molecule has 0 radical (unpaired) electrons. The van der Waals surface area contributed by atoms with Gasteiger partial charge in [0.1, 0.15) is 10.3 Å². The molecule has 0 aliphatic carbocycles. The topological polar surface area (TPSA) is 59.1 Å². The molecule has 1 aromatic heterocycles. The van der Waals surface area contributed by atoms with E-state index in [2.05, 4.69) is 26.2 Å². The molecule has 2 unspecified atom stereocenters. The van der Waals surface area contributed by atoms with Gasteiger partial charge in [-0.15, -0.1) is 0 Å². The second-order valence-corrected chi connectivity index (χ2v) is 5.75. The Labute approximate surface area is 105 Å². The molecule has 0 aromatic carbocycles. The number of carbonyl (C=O) groups excluding carboxylic acids is 1. The van der Waals surface area contributed by atoms with E-state index in [0.717, 1.165) is 0 Å². The predicted octanol–water partition coefficient (Wildman–Crippen LogP) is 1.34. The van der Waals surface area contributed by atoms with Crippen molar-refractivity contribution in [1.82, 2.24) is 10.3 Å². The van der Waals surface area contributed by atoms with E-state index in [-0.39, 0.29) is 11.9 Å². The number of rotatable bonds is 4. The van der Waals surface area contributed by atoms with Crippen LogP contribution in [0.25, 0.3) is 0 Å². The summed E-state index contributed by atoms with van der Waals surface area (Å²) in [6, 6.07) is 5.00. The largest absolute Gasteiger partial charge is 0.347 e. The third kappa shape index (κ3) is 4.40. The number of halogens is 1. The Morgan fingerprint density at radius 2 is 2.31 bits per heavy atom. The Morgan fingerprint density at radius 1 is 1.62 bits per heavy atom. The van der Waals surface area contributed by atoms with Gasteiger partial charge in [-0.05, 0) is 35.0 Å². The van der Waals surface area contributed by atoms with Gasteiger partial charge < -0.3 is 5.32 Å². The van der Waals surface area contributed by atoms with Crippen LogP contribution in [0.15, 0.2) is 22.8 Å². The molecule has 1 N–H and O–H groups in total. The zero-order valence-corrected chi connectivity index (χ0v) is 11.5. The summed E-state index contributed by atoms with van der Waals surface area (Å²) in [5.41, 5.74) is 0.350. The second-order valence-electron chi connectivity index (χ2n) is 3.46. The van der Waals surface area contributed by atoms with Gasteiger partial charge in [0.25, 0.3) is 5.91 Å². The molecule has 0 fully saturated rings. The lowest BCUT2D eigenvalue weighted by Crippen LogP contribution is -2.36. The molecule has 1 heterocycles. The summed E-state index contributed by atoms with van der Waals surface area (Å²) < 4.78 is 11.6. The first-order valence-corrected chi connectivity index (χ1v) is 7.24. The van der Waals surface area contributed by atoms with Crippen LogP contribution in [0.3, 0.4) is 0 Å². The van der Waals surface area contributed by atoms with Crippen LogP contribution in [-0.4, -0.2) is 33.2 Å². The molecule has 1 rings (SSSR count). The standard InChI is InChI=1S/C10H13BrN2O2S/c1-7(6-16(2)15)12-10(14)8-4-3-5-9(11)13-8/h3-5,7H,6H2,1-2H3,(H,12,14). The summed E-state index contributed by atoms with van der Waals surface area (Å²) in [4.78, 5) is 15.7. The Bertz CT molecular complexity index is 412. The van der Waals surface area contributed by atoms with Crippen LogP contribution in [0, 0.1) is 0 Å². The van der Waals surface area contributed by atoms with Gasteiger partial charge in [0, 0.05) is 28.9 Å². The van der Waals surface area contributed by atoms with Crippen LogP contribution >= 0.6 is 15.9 Å². The molecule has 1 amide bonds. The van der Waals surface area contributed by atoms with E-state index < -0.39 is 10.8 Å². The van der Waals surface area contributed by atoms with Gasteiger partial charge in [-0.3, -0.25) is 9.00 Å².